The van der Waals surface area contributed by atoms with Crippen LogP contribution in [0.3, 0.4) is 0 Å². The number of nitriles is 1. The van der Waals surface area contributed by atoms with E-state index < -0.39 is 11.3 Å². The maximum atomic E-state index is 12.1. The van der Waals surface area contributed by atoms with Crippen LogP contribution in [0.1, 0.15) is 27.2 Å². The van der Waals surface area contributed by atoms with Crippen LogP contribution in [0.15, 0.2) is 12.1 Å². The number of benzene rings is 1. The van der Waals surface area contributed by atoms with Crippen LogP contribution in [0.2, 0.25) is 10.0 Å². The summed E-state index contributed by atoms with van der Waals surface area (Å²) in [6.07, 6.45) is 0.411. The van der Waals surface area contributed by atoms with Crippen LogP contribution < -0.4 is 10.1 Å². The molecule has 1 aromatic rings. The monoisotopic (exact) mass is 314 g/mol. The Morgan fingerprint density at radius 1 is 1.40 bits per heavy atom. The van der Waals surface area contributed by atoms with Crippen LogP contribution in [0.4, 0.5) is 5.69 Å². The summed E-state index contributed by atoms with van der Waals surface area (Å²) in [4.78, 5) is 12.1. The molecule has 0 aliphatic rings. The van der Waals surface area contributed by atoms with Crippen molar-refractivity contribution in [2.45, 2.75) is 27.2 Å². The van der Waals surface area contributed by atoms with Crippen LogP contribution >= 0.6 is 23.2 Å². The molecular formula is C14H16Cl2N2O2. The molecule has 108 valence electrons. The van der Waals surface area contributed by atoms with Gasteiger partial charge in [-0.25, -0.2) is 0 Å². The standard InChI is InChI=1S/C14H16Cl2N2O2/c1-4-14(3,8-17)13(19)18-9-6-10(15)12(20-5-2)11(16)7-9/h6-7H,4-5H2,1-3H3,(H,18,19). The van der Waals surface area contributed by atoms with Gasteiger partial charge in [0, 0.05) is 5.69 Å². The van der Waals surface area contributed by atoms with E-state index in [1.807, 2.05) is 13.0 Å². The van der Waals surface area contributed by atoms with Crippen molar-refractivity contribution in [3.63, 3.8) is 0 Å². The predicted molar refractivity (Wildman–Crippen MR) is 80.3 cm³/mol. The summed E-state index contributed by atoms with van der Waals surface area (Å²) in [5.74, 6) is -0.00818. The second kappa shape index (κ2) is 6.83. The number of hydrogen-bond donors (Lipinski definition) is 1. The molecule has 0 bridgehead atoms. The van der Waals surface area contributed by atoms with E-state index in [1.165, 1.54) is 0 Å². The minimum absolute atomic E-state index is 0.310. The molecular weight excluding hydrogens is 299 g/mol. The predicted octanol–water partition coefficient (Wildman–Crippen LogP) is 4.27. The Morgan fingerprint density at radius 2 is 1.95 bits per heavy atom. The fraction of sp³-hybridized carbons (Fsp3) is 0.429. The van der Waals surface area contributed by atoms with Crippen LogP contribution in [0.25, 0.3) is 0 Å². The summed E-state index contributed by atoms with van der Waals surface area (Å²) >= 11 is 12.1. The zero-order chi connectivity index (χ0) is 15.3. The molecule has 6 heteroatoms. The average Bonchev–Trinajstić information content (AvgIpc) is 2.41. The summed E-state index contributed by atoms with van der Waals surface area (Å²) in [5.41, 5.74) is -0.652. The summed E-state index contributed by atoms with van der Waals surface area (Å²) in [6, 6.07) is 5.10. The molecule has 4 nitrogen and oxygen atoms in total. The van der Waals surface area contributed by atoms with Crippen molar-refractivity contribution in [3.05, 3.63) is 22.2 Å². The number of amides is 1. The minimum Gasteiger partial charge on any atom is -0.491 e. The Labute approximate surface area is 128 Å². The molecule has 0 spiro atoms. The smallest absolute Gasteiger partial charge is 0.244 e. The van der Waals surface area contributed by atoms with E-state index in [2.05, 4.69) is 5.32 Å². The zero-order valence-electron chi connectivity index (χ0n) is 11.6. The van der Waals surface area contributed by atoms with Crippen LogP contribution in [0.5, 0.6) is 5.75 Å². The maximum Gasteiger partial charge on any atom is 0.244 e. The van der Waals surface area contributed by atoms with E-state index in [1.54, 1.807) is 26.0 Å². The van der Waals surface area contributed by atoms with E-state index >= 15 is 0 Å². The van der Waals surface area contributed by atoms with Crippen LogP contribution in [0, 0.1) is 16.7 Å². The molecule has 20 heavy (non-hydrogen) atoms. The largest absolute Gasteiger partial charge is 0.491 e. The van der Waals surface area contributed by atoms with Crippen LogP contribution in [-0.2, 0) is 4.79 Å². The first-order valence-corrected chi connectivity index (χ1v) is 6.98. The van der Waals surface area contributed by atoms with E-state index in [-0.39, 0.29) is 0 Å². The second-order valence-electron chi connectivity index (χ2n) is 4.45. The molecule has 0 fully saturated rings. The van der Waals surface area contributed by atoms with E-state index in [0.29, 0.717) is 34.5 Å². The molecule has 0 saturated heterocycles. The van der Waals surface area contributed by atoms with Gasteiger partial charge in [0.25, 0.3) is 0 Å². The number of hydrogen-bond acceptors (Lipinski definition) is 3. The highest BCUT2D eigenvalue weighted by atomic mass is 35.5. The van der Waals surface area contributed by atoms with Crippen molar-refractivity contribution in [2.24, 2.45) is 5.41 Å². The van der Waals surface area contributed by atoms with Gasteiger partial charge in [-0.1, -0.05) is 30.1 Å². The van der Waals surface area contributed by atoms with Crippen molar-refractivity contribution < 1.29 is 9.53 Å². The third kappa shape index (κ3) is 3.56. The normalized spacial score (nSPS) is 13.2. The minimum atomic E-state index is -1.09. The molecule has 0 radical (unpaired) electrons. The first kappa shape index (κ1) is 16.6. The summed E-state index contributed by atoms with van der Waals surface area (Å²) in [6.45, 7) is 5.62. The Kier molecular flexibility index (Phi) is 5.67. The van der Waals surface area contributed by atoms with Crippen molar-refractivity contribution >= 4 is 34.8 Å². The van der Waals surface area contributed by atoms with Gasteiger partial charge in [0.1, 0.15) is 5.41 Å². The SMILES string of the molecule is CCOc1c(Cl)cc(NC(=O)C(C)(C#N)CC)cc1Cl. The highest BCUT2D eigenvalue weighted by Gasteiger charge is 2.31. The lowest BCUT2D eigenvalue weighted by atomic mass is 9.88. The Bertz CT molecular complexity index is 532. The summed E-state index contributed by atoms with van der Waals surface area (Å²) < 4.78 is 5.31. The van der Waals surface area contributed by atoms with Gasteiger partial charge in [0.05, 0.1) is 22.7 Å². The van der Waals surface area contributed by atoms with Gasteiger partial charge in [-0.3, -0.25) is 4.79 Å². The Morgan fingerprint density at radius 3 is 2.35 bits per heavy atom. The number of anilines is 1. The van der Waals surface area contributed by atoms with Crippen LogP contribution in [-0.4, -0.2) is 12.5 Å². The summed E-state index contributed by atoms with van der Waals surface area (Å²) in [5, 5.41) is 12.3. The quantitative estimate of drug-likeness (QED) is 0.882. The third-order valence-electron chi connectivity index (χ3n) is 3.00. The van der Waals surface area contributed by atoms with Gasteiger partial charge >= 0.3 is 0 Å². The summed E-state index contributed by atoms with van der Waals surface area (Å²) in [7, 11) is 0. The molecule has 1 aromatic carbocycles. The molecule has 1 unspecified atom stereocenters. The lowest BCUT2D eigenvalue weighted by Gasteiger charge is -2.19. The third-order valence-corrected chi connectivity index (χ3v) is 3.56. The van der Waals surface area contributed by atoms with E-state index in [4.69, 9.17) is 33.2 Å². The molecule has 1 N–H and O–H groups in total. The van der Waals surface area contributed by atoms with Gasteiger partial charge in [-0.2, -0.15) is 5.26 Å². The molecule has 0 heterocycles. The van der Waals surface area contributed by atoms with Crippen molar-refractivity contribution in [1.82, 2.24) is 0 Å². The number of nitrogens with one attached hydrogen (secondary N) is 1. The molecule has 1 atom stereocenters. The van der Waals surface area contributed by atoms with Crippen molar-refractivity contribution in [3.8, 4) is 11.8 Å². The Hall–Kier alpha value is -1.44. The fourth-order valence-electron chi connectivity index (χ4n) is 1.47. The molecule has 1 amide bonds. The first-order chi connectivity index (χ1) is 9.37. The van der Waals surface area contributed by atoms with Gasteiger partial charge < -0.3 is 10.1 Å². The lowest BCUT2D eigenvalue weighted by Crippen LogP contribution is -2.31. The zero-order valence-corrected chi connectivity index (χ0v) is 13.1. The fourth-order valence-corrected chi connectivity index (χ4v) is 2.07. The number of carbonyl (C=O) groups excluding carboxylic acids is 1. The molecule has 1 rings (SSSR count). The molecule has 0 aliphatic heterocycles. The van der Waals surface area contributed by atoms with Gasteiger partial charge in [-0.15, -0.1) is 0 Å². The molecule has 0 aliphatic carbocycles. The van der Waals surface area contributed by atoms with E-state index in [9.17, 15) is 4.79 Å². The number of nitrogens with zero attached hydrogens (tertiary/aromatic N) is 1. The highest BCUT2D eigenvalue weighted by Crippen LogP contribution is 2.36. The topological polar surface area (TPSA) is 62.1 Å². The number of carbonyl (C=O) groups is 1. The lowest BCUT2D eigenvalue weighted by molar-refractivity contribution is -0.122. The second-order valence-corrected chi connectivity index (χ2v) is 5.27. The first-order valence-electron chi connectivity index (χ1n) is 6.22. The van der Waals surface area contributed by atoms with Gasteiger partial charge in [0.2, 0.25) is 5.91 Å². The van der Waals surface area contributed by atoms with Gasteiger partial charge in [0.15, 0.2) is 5.75 Å². The van der Waals surface area contributed by atoms with Crippen molar-refractivity contribution in [1.29, 1.82) is 5.26 Å². The van der Waals surface area contributed by atoms with Gasteiger partial charge in [-0.05, 0) is 32.4 Å². The highest BCUT2D eigenvalue weighted by molar-refractivity contribution is 6.37. The number of rotatable bonds is 5. The molecule has 0 aromatic heterocycles. The van der Waals surface area contributed by atoms with Crippen molar-refractivity contribution in [2.75, 3.05) is 11.9 Å². The molecule has 0 saturated carbocycles. The number of ether oxygens (including phenoxy) is 1. The van der Waals surface area contributed by atoms with E-state index in [0.717, 1.165) is 0 Å². The average molecular weight is 315 g/mol. The number of halogens is 2. The Balaban J connectivity index is 3.01. The maximum absolute atomic E-state index is 12.1.